The number of hydrogen-bond donors (Lipinski definition) is 1. The normalized spacial score (nSPS) is 10.2. The maximum atomic E-state index is 12.1. The van der Waals surface area contributed by atoms with E-state index in [4.69, 9.17) is 12.6 Å². The standard InChI is InChI=1S/C15H13BN2O5/c1-8(19)23-13-12(15(21)22-2)17-11(18-14(13)20)7-9-5-3-4-6-10(9)16/h3-6H,7H2,1-2H3,(H,17,18,20). The summed E-state index contributed by atoms with van der Waals surface area (Å²) in [5.74, 6) is -1.92. The summed E-state index contributed by atoms with van der Waals surface area (Å²) in [7, 11) is 6.98. The van der Waals surface area contributed by atoms with E-state index in [1.54, 1.807) is 24.3 Å². The molecule has 0 aliphatic rings. The minimum Gasteiger partial charge on any atom is -0.464 e. The summed E-state index contributed by atoms with van der Waals surface area (Å²) in [6.45, 7) is 1.11. The molecule has 0 spiro atoms. The third-order valence-corrected chi connectivity index (χ3v) is 2.96. The number of hydrogen-bond acceptors (Lipinski definition) is 6. The first-order valence-corrected chi connectivity index (χ1v) is 6.65. The molecular weight excluding hydrogens is 299 g/mol. The van der Waals surface area contributed by atoms with Crippen molar-refractivity contribution in [3.8, 4) is 5.75 Å². The molecule has 0 saturated carbocycles. The van der Waals surface area contributed by atoms with Crippen LogP contribution in [0.2, 0.25) is 0 Å². The van der Waals surface area contributed by atoms with Crippen molar-refractivity contribution in [1.29, 1.82) is 0 Å². The fraction of sp³-hybridized carbons (Fsp3) is 0.200. The van der Waals surface area contributed by atoms with Crippen LogP contribution in [-0.2, 0) is 16.0 Å². The molecular formula is C15H13BN2O5. The Morgan fingerprint density at radius 3 is 2.61 bits per heavy atom. The lowest BCUT2D eigenvalue weighted by molar-refractivity contribution is -0.132. The zero-order valence-corrected chi connectivity index (χ0v) is 12.6. The van der Waals surface area contributed by atoms with E-state index in [2.05, 4.69) is 14.7 Å². The Hall–Kier alpha value is -2.90. The largest absolute Gasteiger partial charge is 0.464 e. The van der Waals surface area contributed by atoms with Crippen molar-refractivity contribution in [2.75, 3.05) is 7.11 Å². The van der Waals surface area contributed by atoms with E-state index in [0.29, 0.717) is 5.46 Å². The van der Waals surface area contributed by atoms with Crippen LogP contribution < -0.4 is 15.8 Å². The van der Waals surface area contributed by atoms with Crippen LogP contribution in [0.25, 0.3) is 0 Å². The Morgan fingerprint density at radius 2 is 2.00 bits per heavy atom. The molecule has 1 aromatic heterocycles. The second-order valence-electron chi connectivity index (χ2n) is 4.65. The maximum Gasteiger partial charge on any atom is 0.360 e. The first-order chi connectivity index (χ1) is 10.9. The molecule has 0 aliphatic carbocycles. The quantitative estimate of drug-likeness (QED) is 0.623. The van der Waals surface area contributed by atoms with Crippen molar-refractivity contribution in [1.82, 2.24) is 9.97 Å². The third kappa shape index (κ3) is 3.85. The summed E-state index contributed by atoms with van der Waals surface area (Å²) < 4.78 is 9.33. The van der Waals surface area contributed by atoms with Crippen molar-refractivity contribution in [2.24, 2.45) is 0 Å². The van der Waals surface area contributed by atoms with Crippen LogP contribution in [0.3, 0.4) is 0 Å². The van der Waals surface area contributed by atoms with E-state index in [1.165, 1.54) is 0 Å². The van der Waals surface area contributed by atoms with Gasteiger partial charge < -0.3 is 14.5 Å². The van der Waals surface area contributed by atoms with Gasteiger partial charge >= 0.3 is 11.9 Å². The van der Waals surface area contributed by atoms with Crippen LogP contribution in [0.5, 0.6) is 5.75 Å². The SMILES string of the molecule is [B]c1ccccc1Cc1nc(C(=O)OC)c(OC(C)=O)c(=O)[nH]1. The molecule has 0 atom stereocenters. The van der Waals surface area contributed by atoms with Crippen molar-refractivity contribution in [3.63, 3.8) is 0 Å². The summed E-state index contributed by atoms with van der Waals surface area (Å²) in [6, 6.07) is 7.05. The highest BCUT2D eigenvalue weighted by atomic mass is 16.5. The smallest absolute Gasteiger partial charge is 0.360 e. The van der Waals surface area contributed by atoms with Gasteiger partial charge in [0.15, 0.2) is 5.69 Å². The molecule has 8 heteroatoms. The van der Waals surface area contributed by atoms with E-state index < -0.39 is 23.2 Å². The van der Waals surface area contributed by atoms with Crippen LogP contribution in [0, 0.1) is 0 Å². The van der Waals surface area contributed by atoms with Crippen LogP contribution in [0.4, 0.5) is 0 Å². The molecule has 1 heterocycles. The highest BCUT2D eigenvalue weighted by Crippen LogP contribution is 2.13. The highest BCUT2D eigenvalue weighted by Gasteiger charge is 2.22. The molecule has 0 fully saturated rings. The van der Waals surface area contributed by atoms with E-state index in [-0.39, 0.29) is 17.9 Å². The average Bonchev–Trinajstić information content (AvgIpc) is 2.51. The van der Waals surface area contributed by atoms with E-state index in [1.807, 2.05) is 0 Å². The predicted octanol–water partition coefficient (Wildman–Crippen LogP) is -0.134. The van der Waals surface area contributed by atoms with Gasteiger partial charge in [0.25, 0.3) is 5.56 Å². The number of esters is 2. The fourth-order valence-electron chi connectivity index (χ4n) is 1.94. The number of H-pyrrole nitrogens is 1. The zero-order valence-electron chi connectivity index (χ0n) is 12.6. The Labute approximate surface area is 133 Å². The number of methoxy groups -OCH3 is 1. The van der Waals surface area contributed by atoms with E-state index in [0.717, 1.165) is 19.6 Å². The van der Waals surface area contributed by atoms with Crippen molar-refractivity contribution in [2.45, 2.75) is 13.3 Å². The molecule has 1 N–H and O–H groups in total. The predicted molar refractivity (Wildman–Crippen MR) is 82.1 cm³/mol. The van der Waals surface area contributed by atoms with Crippen LogP contribution in [0.1, 0.15) is 28.8 Å². The minimum absolute atomic E-state index is 0.198. The van der Waals surface area contributed by atoms with Gasteiger partial charge in [-0.3, -0.25) is 9.59 Å². The lowest BCUT2D eigenvalue weighted by atomic mass is 9.89. The first kappa shape index (κ1) is 16.5. The molecule has 23 heavy (non-hydrogen) atoms. The first-order valence-electron chi connectivity index (χ1n) is 6.65. The molecule has 2 aromatic rings. The number of rotatable bonds is 4. The average molecular weight is 312 g/mol. The lowest BCUT2D eigenvalue weighted by Gasteiger charge is -2.09. The van der Waals surface area contributed by atoms with Crippen molar-refractivity contribution in [3.05, 3.63) is 51.7 Å². The topological polar surface area (TPSA) is 98.3 Å². The molecule has 2 rings (SSSR count). The monoisotopic (exact) mass is 312 g/mol. The number of ether oxygens (including phenoxy) is 2. The van der Waals surface area contributed by atoms with Gasteiger partial charge in [-0.1, -0.05) is 29.7 Å². The van der Waals surface area contributed by atoms with Gasteiger partial charge in [0.2, 0.25) is 5.75 Å². The molecule has 0 saturated heterocycles. The van der Waals surface area contributed by atoms with Gasteiger partial charge in [0.1, 0.15) is 13.7 Å². The molecule has 2 radical (unpaired) electrons. The van der Waals surface area contributed by atoms with Gasteiger partial charge in [0, 0.05) is 13.3 Å². The van der Waals surface area contributed by atoms with Gasteiger partial charge in [-0.25, -0.2) is 9.78 Å². The summed E-state index contributed by atoms with van der Waals surface area (Å²) >= 11 is 0. The molecule has 0 bridgehead atoms. The number of aromatic amines is 1. The second-order valence-corrected chi connectivity index (χ2v) is 4.65. The van der Waals surface area contributed by atoms with Gasteiger partial charge in [-0.05, 0) is 5.56 Å². The number of aromatic nitrogens is 2. The third-order valence-electron chi connectivity index (χ3n) is 2.96. The Kier molecular flexibility index (Phi) is 4.95. The Bertz CT molecular complexity index is 816. The van der Waals surface area contributed by atoms with E-state index >= 15 is 0 Å². The number of nitrogens with zero attached hydrogens (tertiary/aromatic N) is 1. The van der Waals surface area contributed by atoms with Crippen molar-refractivity contribution >= 4 is 25.2 Å². The zero-order chi connectivity index (χ0) is 17.0. The molecule has 0 aliphatic heterocycles. The van der Waals surface area contributed by atoms with Gasteiger partial charge in [0.05, 0.1) is 7.11 Å². The Balaban J connectivity index is 2.49. The maximum absolute atomic E-state index is 12.1. The fourth-order valence-corrected chi connectivity index (χ4v) is 1.94. The number of carbonyl (C=O) groups excluding carboxylic acids is 2. The molecule has 0 amide bonds. The second kappa shape index (κ2) is 6.91. The van der Waals surface area contributed by atoms with Crippen LogP contribution in [0.15, 0.2) is 29.1 Å². The Morgan fingerprint density at radius 1 is 1.30 bits per heavy atom. The van der Waals surface area contributed by atoms with Gasteiger partial charge in [-0.15, -0.1) is 0 Å². The van der Waals surface area contributed by atoms with Crippen LogP contribution in [-0.4, -0.2) is 36.9 Å². The molecule has 1 aromatic carbocycles. The van der Waals surface area contributed by atoms with Gasteiger partial charge in [-0.2, -0.15) is 0 Å². The van der Waals surface area contributed by atoms with Crippen molar-refractivity contribution < 1.29 is 19.1 Å². The number of carbonyl (C=O) groups is 2. The molecule has 0 unspecified atom stereocenters. The summed E-state index contributed by atoms with van der Waals surface area (Å²) in [5, 5.41) is 0. The lowest BCUT2D eigenvalue weighted by Crippen LogP contribution is -2.24. The summed E-state index contributed by atoms with van der Waals surface area (Å²) in [4.78, 5) is 41.4. The minimum atomic E-state index is -0.880. The number of benzene rings is 1. The highest BCUT2D eigenvalue weighted by molar-refractivity contribution is 6.33. The molecule has 116 valence electrons. The van der Waals surface area contributed by atoms with E-state index in [9.17, 15) is 14.4 Å². The summed E-state index contributed by atoms with van der Waals surface area (Å²) in [6.07, 6.45) is 0.201. The van der Waals surface area contributed by atoms with Crippen LogP contribution >= 0.6 is 0 Å². The molecule has 7 nitrogen and oxygen atoms in total. The summed E-state index contributed by atoms with van der Waals surface area (Å²) in [5.41, 5.74) is 0.140. The number of nitrogens with one attached hydrogen (secondary N) is 1.